The second-order valence-corrected chi connectivity index (χ2v) is 4.78. The number of aliphatic hydroxyl groups is 1. The second kappa shape index (κ2) is 5.02. The van der Waals surface area contributed by atoms with Gasteiger partial charge in [0.25, 0.3) is 0 Å². The van der Waals surface area contributed by atoms with Crippen LogP contribution < -0.4 is 4.90 Å². The molecule has 1 N–H and O–H groups in total. The van der Waals surface area contributed by atoms with Crippen molar-refractivity contribution in [3.8, 4) is 0 Å². The molecule has 0 radical (unpaired) electrons. The molecule has 2 heterocycles. The maximum atomic E-state index is 9.41. The summed E-state index contributed by atoms with van der Waals surface area (Å²) in [6.45, 7) is 7.67. The van der Waals surface area contributed by atoms with Gasteiger partial charge in [-0.05, 0) is 32.9 Å². The van der Waals surface area contributed by atoms with Crippen LogP contribution in [0.25, 0.3) is 0 Å². The van der Waals surface area contributed by atoms with Crippen LogP contribution >= 0.6 is 0 Å². The van der Waals surface area contributed by atoms with Crippen LogP contribution in [0.4, 0.5) is 5.69 Å². The summed E-state index contributed by atoms with van der Waals surface area (Å²) in [4.78, 5) is 6.55. The Kier molecular flexibility index (Phi) is 3.64. The van der Waals surface area contributed by atoms with Crippen molar-refractivity contribution < 1.29 is 9.84 Å². The Morgan fingerprint density at radius 3 is 2.47 bits per heavy atom. The first kappa shape index (κ1) is 12.3. The minimum absolute atomic E-state index is 0.246. The summed E-state index contributed by atoms with van der Waals surface area (Å²) < 4.78 is 5.70. The van der Waals surface area contributed by atoms with Crippen molar-refractivity contribution in [1.29, 1.82) is 0 Å². The Bertz CT molecular complexity index is 354. The second-order valence-electron chi connectivity index (χ2n) is 4.78. The molecule has 94 valence electrons. The minimum Gasteiger partial charge on any atom is -0.387 e. The van der Waals surface area contributed by atoms with Gasteiger partial charge in [-0.3, -0.25) is 4.98 Å². The Hall–Kier alpha value is -1.13. The van der Waals surface area contributed by atoms with Gasteiger partial charge in [-0.15, -0.1) is 0 Å². The highest BCUT2D eigenvalue weighted by atomic mass is 16.5. The highest BCUT2D eigenvalue weighted by Crippen LogP contribution is 2.20. The van der Waals surface area contributed by atoms with E-state index in [9.17, 15) is 5.11 Å². The normalized spacial score (nSPS) is 26.9. The molecule has 1 fully saturated rings. The van der Waals surface area contributed by atoms with Crippen molar-refractivity contribution in [3.05, 3.63) is 24.0 Å². The van der Waals surface area contributed by atoms with Gasteiger partial charge in [0.15, 0.2) is 0 Å². The number of morpholine rings is 1. The van der Waals surface area contributed by atoms with Crippen molar-refractivity contribution in [2.45, 2.75) is 39.1 Å². The van der Waals surface area contributed by atoms with E-state index in [1.54, 1.807) is 6.92 Å². The van der Waals surface area contributed by atoms with Gasteiger partial charge in [0.2, 0.25) is 0 Å². The fourth-order valence-electron chi connectivity index (χ4n) is 2.22. The van der Waals surface area contributed by atoms with Crippen LogP contribution in [0.1, 0.15) is 32.6 Å². The summed E-state index contributed by atoms with van der Waals surface area (Å²) in [5.41, 5.74) is 1.81. The zero-order valence-corrected chi connectivity index (χ0v) is 10.6. The molecular weight excluding hydrogens is 216 g/mol. The lowest BCUT2D eigenvalue weighted by Gasteiger charge is -2.36. The number of ether oxygens (including phenoxy) is 1. The minimum atomic E-state index is -0.508. The van der Waals surface area contributed by atoms with E-state index in [2.05, 4.69) is 23.7 Å². The summed E-state index contributed by atoms with van der Waals surface area (Å²) in [7, 11) is 0. The molecule has 4 heteroatoms. The number of nitrogens with zero attached hydrogens (tertiary/aromatic N) is 2. The largest absolute Gasteiger partial charge is 0.387 e. The monoisotopic (exact) mass is 236 g/mol. The van der Waals surface area contributed by atoms with Gasteiger partial charge < -0.3 is 14.7 Å². The quantitative estimate of drug-likeness (QED) is 0.849. The molecule has 2 rings (SSSR count). The number of anilines is 1. The van der Waals surface area contributed by atoms with Crippen LogP contribution in [-0.4, -0.2) is 35.4 Å². The Morgan fingerprint density at radius 2 is 2.00 bits per heavy atom. The van der Waals surface area contributed by atoms with Crippen molar-refractivity contribution in [2.75, 3.05) is 18.0 Å². The SMILES string of the molecule is CC(O)c1ccc(N2C[C@@H](C)O[C@@H](C)C2)cn1. The molecule has 0 amide bonds. The van der Waals surface area contributed by atoms with Gasteiger partial charge in [0.05, 0.1) is 35.9 Å². The van der Waals surface area contributed by atoms with Crippen molar-refractivity contribution in [2.24, 2.45) is 0 Å². The molecule has 0 saturated carbocycles. The van der Waals surface area contributed by atoms with E-state index in [1.807, 2.05) is 18.3 Å². The first-order chi connectivity index (χ1) is 8.06. The lowest BCUT2D eigenvalue weighted by molar-refractivity contribution is -0.00524. The Labute approximate surface area is 102 Å². The third kappa shape index (κ3) is 2.96. The predicted octanol–water partition coefficient (Wildman–Crippen LogP) is 1.75. The summed E-state index contributed by atoms with van der Waals surface area (Å²) in [6.07, 6.45) is 1.81. The number of aromatic nitrogens is 1. The predicted molar refractivity (Wildman–Crippen MR) is 67.1 cm³/mol. The fraction of sp³-hybridized carbons (Fsp3) is 0.615. The fourth-order valence-corrected chi connectivity index (χ4v) is 2.22. The number of pyridine rings is 1. The van der Waals surface area contributed by atoms with Crippen molar-refractivity contribution >= 4 is 5.69 Å². The van der Waals surface area contributed by atoms with E-state index in [-0.39, 0.29) is 12.2 Å². The summed E-state index contributed by atoms with van der Waals surface area (Å²) in [5.74, 6) is 0. The van der Waals surface area contributed by atoms with E-state index < -0.39 is 6.10 Å². The molecule has 1 aliphatic rings. The molecule has 1 unspecified atom stereocenters. The number of hydrogen-bond acceptors (Lipinski definition) is 4. The van der Waals surface area contributed by atoms with E-state index in [1.165, 1.54) is 0 Å². The highest BCUT2D eigenvalue weighted by molar-refractivity contribution is 5.45. The van der Waals surface area contributed by atoms with Crippen LogP contribution in [0.15, 0.2) is 18.3 Å². The molecule has 3 atom stereocenters. The molecule has 4 nitrogen and oxygen atoms in total. The van der Waals surface area contributed by atoms with Crippen LogP contribution in [0.3, 0.4) is 0 Å². The molecule has 1 aromatic rings. The van der Waals surface area contributed by atoms with Crippen LogP contribution in [-0.2, 0) is 4.74 Å². The van der Waals surface area contributed by atoms with E-state index >= 15 is 0 Å². The molecule has 0 aliphatic carbocycles. The molecule has 1 aromatic heterocycles. The van der Waals surface area contributed by atoms with Crippen LogP contribution in [0.2, 0.25) is 0 Å². The summed E-state index contributed by atoms with van der Waals surface area (Å²) in [6, 6.07) is 3.89. The third-order valence-electron chi connectivity index (χ3n) is 2.98. The molecule has 0 aromatic carbocycles. The van der Waals surface area contributed by atoms with Crippen molar-refractivity contribution in [3.63, 3.8) is 0 Å². The maximum Gasteiger partial charge on any atom is 0.0931 e. The van der Waals surface area contributed by atoms with E-state index in [0.29, 0.717) is 5.69 Å². The molecule has 1 saturated heterocycles. The first-order valence-electron chi connectivity index (χ1n) is 6.10. The van der Waals surface area contributed by atoms with Gasteiger partial charge in [0.1, 0.15) is 0 Å². The molecular formula is C13H20N2O2. The van der Waals surface area contributed by atoms with Gasteiger partial charge in [-0.25, -0.2) is 0 Å². The number of rotatable bonds is 2. The number of aliphatic hydroxyl groups excluding tert-OH is 1. The Balaban J connectivity index is 2.11. The van der Waals surface area contributed by atoms with Crippen molar-refractivity contribution in [1.82, 2.24) is 4.98 Å². The average Bonchev–Trinajstić information content (AvgIpc) is 2.28. The molecule has 17 heavy (non-hydrogen) atoms. The van der Waals surface area contributed by atoms with Crippen LogP contribution in [0.5, 0.6) is 0 Å². The van der Waals surface area contributed by atoms with Crippen LogP contribution in [0, 0.1) is 0 Å². The van der Waals surface area contributed by atoms with E-state index in [4.69, 9.17) is 4.74 Å². The molecule has 0 bridgehead atoms. The Morgan fingerprint density at radius 1 is 1.35 bits per heavy atom. The van der Waals surface area contributed by atoms with E-state index in [0.717, 1.165) is 18.8 Å². The lowest BCUT2D eigenvalue weighted by Crippen LogP contribution is -2.45. The zero-order valence-electron chi connectivity index (χ0n) is 10.6. The van der Waals surface area contributed by atoms with Gasteiger partial charge in [-0.2, -0.15) is 0 Å². The molecule has 1 aliphatic heterocycles. The van der Waals surface area contributed by atoms with Gasteiger partial charge >= 0.3 is 0 Å². The summed E-state index contributed by atoms with van der Waals surface area (Å²) in [5, 5.41) is 9.41. The summed E-state index contributed by atoms with van der Waals surface area (Å²) >= 11 is 0. The standard InChI is InChI=1S/C13H20N2O2/c1-9-7-15(8-10(2)17-9)12-4-5-13(11(3)16)14-6-12/h4-6,9-11,16H,7-8H2,1-3H3/t9-,10+,11?. The average molecular weight is 236 g/mol. The van der Waals surface area contributed by atoms with Gasteiger partial charge in [0, 0.05) is 13.1 Å². The lowest BCUT2D eigenvalue weighted by atomic mass is 10.2. The maximum absolute atomic E-state index is 9.41. The number of hydrogen-bond donors (Lipinski definition) is 1. The first-order valence-corrected chi connectivity index (χ1v) is 6.10. The smallest absolute Gasteiger partial charge is 0.0931 e. The van der Waals surface area contributed by atoms with Gasteiger partial charge in [-0.1, -0.05) is 0 Å². The third-order valence-corrected chi connectivity index (χ3v) is 2.98. The zero-order chi connectivity index (χ0) is 12.4. The highest BCUT2D eigenvalue weighted by Gasteiger charge is 2.22. The topological polar surface area (TPSA) is 45.6 Å². The molecule has 0 spiro atoms.